The van der Waals surface area contributed by atoms with Crippen molar-refractivity contribution in [3.05, 3.63) is 40.6 Å². The Hall–Kier alpha value is -0.850. The second-order valence-corrected chi connectivity index (χ2v) is 6.11. The third kappa shape index (κ3) is 2.93. The predicted molar refractivity (Wildman–Crippen MR) is 77.4 cm³/mol. The number of aryl methyl sites for hydroxylation is 1. The van der Waals surface area contributed by atoms with E-state index in [-0.39, 0.29) is 11.3 Å². The molecule has 2 atom stereocenters. The molecule has 0 amide bonds. The third-order valence-electron chi connectivity index (χ3n) is 2.59. The van der Waals surface area contributed by atoms with Gasteiger partial charge in [-0.3, -0.25) is 0 Å². The van der Waals surface area contributed by atoms with E-state index in [2.05, 4.69) is 32.2 Å². The summed E-state index contributed by atoms with van der Waals surface area (Å²) in [5.41, 5.74) is 7.29. The van der Waals surface area contributed by atoms with Crippen LogP contribution in [-0.4, -0.2) is 20.8 Å². The van der Waals surface area contributed by atoms with Crippen molar-refractivity contribution in [2.75, 3.05) is 0 Å². The van der Waals surface area contributed by atoms with Crippen LogP contribution >= 0.6 is 27.7 Å². The van der Waals surface area contributed by atoms with E-state index in [1.54, 1.807) is 18.1 Å². The molecule has 2 aromatic rings. The molecule has 0 saturated heterocycles. The zero-order valence-electron chi connectivity index (χ0n) is 10.2. The monoisotopic (exact) mass is 326 g/mol. The number of rotatable bonds is 4. The van der Waals surface area contributed by atoms with Crippen LogP contribution in [0.25, 0.3) is 0 Å². The Bertz CT molecular complexity index is 526. The average Bonchev–Trinajstić information content (AvgIpc) is 2.73. The lowest BCUT2D eigenvalue weighted by atomic mass is 10.1. The molecule has 0 aliphatic carbocycles. The molecule has 0 fully saturated rings. The normalized spacial score (nSPS) is 14.4. The first-order chi connectivity index (χ1) is 8.59. The summed E-state index contributed by atoms with van der Waals surface area (Å²) in [6.45, 7) is 2.01. The molecule has 2 N–H and O–H groups in total. The van der Waals surface area contributed by atoms with Gasteiger partial charge in [-0.15, -0.1) is 10.2 Å². The SMILES string of the molecule is CC(N)C(Sc1nncn1C)c1ccccc1Br. The van der Waals surface area contributed by atoms with E-state index in [1.807, 2.05) is 36.7 Å². The first kappa shape index (κ1) is 13.6. The number of nitrogens with zero attached hydrogens (tertiary/aromatic N) is 3. The van der Waals surface area contributed by atoms with Crippen LogP contribution in [0, 0.1) is 0 Å². The van der Waals surface area contributed by atoms with E-state index < -0.39 is 0 Å². The maximum absolute atomic E-state index is 6.11. The summed E-state index contributed by atoms with van der Waals surface area (Å²) in [5, 5.41) is 9.00. The van der Waals surface area contributed by atoms with Crippen LogP contribution in [0.2, 0.25) is 0 Å². The topological polar surface area (TPSA) is 56.7 Å². The van der Waals surface area contributed by atoms with Crippen LogP contribution in [0.3, 0.4) is 0 Å². The summed E-state index contributed by atoms with van der Waals surface area (Å²) >= 11 is 5.21. The lowest BCUT2D eigenvalue weighted by Crippen LogP contribution is -2.23. The van der Waals surface area contributed by atoms with E-state index in [1.165, 1.54) is 5.56 Å². The lowest BCUT2D eigenvalue weighted by Gasteiger charge is -2.21. The molecule has 1 aromatic heterocycles. The summed E-state index contributed by atoms with van der Waals surface area (Å²) in [5.74, 6) is 0. The third-order valence-corrected chi connectivity index (χ3v) is 4.83. The highest BCUT2D eigenvalue weighted by atomic mass is 79.9. The number of hydrogen-bond donors (Lipinski definition) is 1. The minimum atomic E-state index is 0.0189. The number of aromatic nitrogens is 3. The highest BCUT2D eigenvalue weighted by molar-refractivity contribution is 9.10. The van der Waals surface area contributed by atoms with Gasteiger partial charge in [-0.1, -0.05) is 45.9 Å². The summed E-state index contributed by atoms with van der Waals surface area (Å²) < 4.78 is 2.97. The van der Waals surface area contributed by atoms with Crippen LogP contribution in [-0.2, 0) is 7.05 Å². The molecule has 0 radical (unpaired) electrons. The first-order valence-electron chi connectivity index (χ1n) is 5.60. The van der Waals surface area contributed by atoms with Crippen LogP contribution in [0.4, 0.5) is 0 Å². The molecule has 0 bridgehead atoms. The molecular formula is C12H15BrN4S. The summed E-state index contributed by atoms with van der Waals surface area (Å²) in [6, 6.07) is 8.15. The van der Waals surface area contributed by atoms with Gasteiger partial charge in [0.25, 0.3) is 0 Å². The fourth-order valence-electron chi connectivity index (χ4n) is 1.65. The van der Waals surface area contributed by atoms with Crippen molar-refractivity contribution in [3.8, 4) is 0 Å². The molecule has 0 spiro atoms. The number of halogens is 1. The summed E-state index contributed by atoms with van der Waals surface area (Å²) in [6.07, 6.45) is 1.70. The molecule has 6 heteroatoms. The van der Waals surface area contributed by atoms with Crippen molar-refractivity contribution in [2.24, 2.45) is 12.8 Å². The minimum absolute atomic E-state index is 0.0189. The molecule has 0 aliphatic rings. The highest BCUT2D eigenvalue weighted by Gasteiger charge is 2.21. The molecule has 2 unspecified atom stereocenters. The predicted octanol–water partition coefficient (Wildman–Crippen LogP) is 2.76. The maximum atomic E-state index is 6.11. The zero-order chi connectivity index (χ0) is 13.1. The second-order valence-electron chi connectivity index (χ2n) is 4.14. The molecule has 0 aliphatic heterocycles. The van der Waals surface area contributed by atoms with Gasteiger partial charge in [0, 0.05) is 17.6 Å². The van der Waals surface area contributed by atoms with E-state index in [0.717, 1.165) is 9.63 Å². The van der Waals surface area contributed by atoms with Crippen molar-refractivity contribution in [3.63, 3.8) is 0 Å². The van der Waals surface area contributed by atoms with Gasteiger partial charge in [0.15, 0.2) is 5.16 Å². The Morgan fingerprint density at radius 1 is 1.39 bits per heavy atom. The largest absolute Gasteiger partial charge is 0.327 e. The van der Waals surface area contributed by atoms with Gasteiger partial charge < -0.3 is 10.3 Å². The quantitative estimate of drug-likeness (QED) is 0.878. The van der Waals surface area contributed by atoms with Crippen molar-refractivity contribution < 1.29 is 0 Å². The van der Waals surface area contributed by atoms with Gasteiger partial charge in [0.2, 0.25) is 0 Å². The number of thioether (sulfide) groups is 1. The molecule has 4 nitrogen and oxygen atoms in total. The molecule has 1 aromatic carbocycles. The first-order valence-corrected chi connectivity index (χ1v) is 7.27. The molecule has 2 rings (SSSR count). The minimum Gasteiger partial charge on any atom is -0.327 e. The van der Waals surface area contributed by atoms with Crippen molar-refractivity contribution in [2.45, 2.75) is 23.4 Å². The maximum Gasteiger partial charge on any atom is 0.191 e. The Balaban J connectivity index is 2.30. The molecule has 0 saturated carbocycles. The van der Waals surface area contributed by atoms with E-state index in [0.29, 0.717) is 0 Å². The fourth-order valence-corrected chi connectivity index (χ4v) is 3.42. The standard InChI is InChI=1S/C12H15BrN4S/c1-8(14)11(9-5-3-4-6-10(9)13)18-12-16-15-7-17(12)2/h3-8,11H,14H2,1-2H3. The van der Waals surface area contributed by atoms with Gasteiger partial charge in [-0.2, -0.15) is 0 Å². The van der Waals surface area contributed by atoms with Crippen LogP contribution in [0.1, 0.15) is 17.7 Å². The Kier molecular flexibility index (Phi) is 4.42. The lowest BCUT2D eigenvalue weighted by molar-refractivity contribution is 0.707. The van der Waals surface area contributed by atoms with E-state index >= 15 is 0 Å². The van der Waals surface area contributed by atoms with Gasteiger partial charge in [-0.25, -0.2) is 0 Å². The smallest absolute Gasteiger partial charge is 0.191 e. The second kappa shape index (κ2) is 5.86. The molecular weight excluding hydrogens is 312 g/mol. The number of hydrogen-bond acceptors (Lipinski definition) is 4. The van der Waals surface area contributed by atoms with Crippen LogP contribution in [0.5, 0.6) is 0 Å². The Morgan fingerprint density at radius 2 is 2.11 bits per heavy atom. The molecule has 96 valence electrons. The zero-order valence-corrected chi connectivity index (χ0v) is 12.6. The Labute approximate surface area is 119 Å². The average molecular weight is 327 g/mol. The molecule has 18 heavy (non-hydrogen) atoms. The summed E-state index contributed by atoms with van der Waals surface area (Å²) in [4.78, 5) is 0. The fraction of sp³-hybridized carbons (Fsp3) is 0.333. The summed E-state index contributed by atoms with van der Waals surface area (Å²) in [7, 11) is 1.93. The highest BCUT2D eigenvalue weighted by Crippen LogP contribution is 2.38. The number of nitrogens with two attached hydrogens (primary N) is 1. The molecule has 1 heterocycles. The van der Waals surface area contributed by atoms with E-state index in [9.17, 15) is 0 Å². The van der Waals surface area contributed by atoms with Crippen molar-refractivity contribution in [1.82, 2.24) is 14.8 Å². The van der Waals surface area contributed by atoms with Gasteiger partial charge in [0.1, 0.15) is 6.33 Å². The number of benzene rings is 1. The Morgan fingerprint density at radius 3 is 2.67 bits per heavy atom. The van der Waals surface area contributed by atoms with Crippen molar-refractivity contribution in [1.29, 1.82) is 0 Å². The van der Waals surface area contributed by atoms with Crippen LogP contribution < -0.4 is 5.73 Å². The van der Waals surface area contributed by atoms with Gasteiger partial charge in [-0.05, 0) is 18.6 Å². The van der Waals surface area contributed by atoms with Gasteiger partial charge >= 0.3 is 0 Å². The van der Waals surface area contributed by atoms with Crippen molar-refractivity contribution >= 4 is 27.7 Å². The van der Waals surface area contributed by atoms with Gasteiger partial charge in [0.05, 0.1) is 5.25 Å². The van der Waals surface area contributed by atoms with E-state index in [4.69, 9.17) is 5.73 Å². The van der Waals surface area contributed by atoms with Crippen LogP contribution in [0.15, 0.2) is 40.2 Å².